The third-order valence-corrected chi connectivity index (χ3v) is 9.98. The molecule has 2 heterocycles. The van der Waals surface area contributed by atoms with E-state index in [1.54, 1.807) is 4.72 Å². The molecule has 0 saturated heterocycles. The number of aryl methyl sites for hydroxylation is 1. The first kappa shape index (κ1) is 49.7. The second kappa shape index (κ2) is 22.0. The summed E-state index contributed by atoms with van der Waals surface area (Å²) in [4.78, 5) is 78.6. The van der Waals surface area contributed by atoms with Crippen molar-refractivity contribution in [2.45, 2.75) is 16.7 Å². The summed E-state index contributed by atoms with van der Waals surface area (Å²) >= 11 is 1.86. The molecule has 4 rings (SSSR count). The number of urea groups is 2. The maximum Gasteiger partial charge on any atom is 1.00 e. The van der Waals surface area contributed by atoms with Crippen molar-refractivity contribution in [3.63, 3.8) is 0 Å². The van der Waals surface area contributed by atoms with Gasteiger partial charge in [-0.2, -0.15) is 19.9 Å². The average Bonchev–Trinajstić information content (AvgIpc) is 3.16. The minimum absolute atomic E-state index is 0. The van der Waals surface area contributed by atoms with E-state index in [0.717, 1.165) is 18.1 Å². The van der Waals surface area contributed by atoms with Gasteiger partial charge in [0, 0.05) is 23.4 Å². The van der Waals surface area contributed by atoms with Gasteiger partial charge in [-0.25, -0.2) is 36.1 Å². The molecule has 310 valence electrons. The molecule has 2 aromatic heterocycles. The fraction of sp³-hybridized carbons (Fsp3) is 0.226. The standard InChI is InChI=1S/C17H20N6O7S.C14H14IN5O6S.Na/c1-23(2)15(25)11-6-5-10(18-9-24)7-12(11)31(27,28)22-17(26)21-16-19-13(29-3)8-14(20-16)30-4;1-7-16-12(19-14(17-7)26-3)18-13(22)20-27(23,24)10-6-8(15)4-5-9(10)11(21)25-2;/h5-9H,1-4H3,(H,18,24)(H2,19,20,21,22,26);4-6H,1-3H3,(H2,16,17,18,19,20,22);/q;;+1/p-1. The van der Waals surface area contributed by atoms with Crippen LogP contribution < -0.4 is 64.4 Å². The van der Waals surface area contributed by atoms with Crippen molar-refractivity contribution in [2.75, 3.05) is 58.5 Å². The Labute approximate surface area is 372 Å². The topological polar surface area (TPSA) is 320 Å². The minimum Gasteiger partial charge on any atom is -0.481 e. The summed E-state index contributed by atoms with van der Waals surface area (Å²) in [6.07, 6.45) is 0.340. The molecule has 24 nitrogen and oxygen atoms in total. The number of nitrogens with one attached hydrogen (secondary N) is 4. The first-order chi connectivity index (χ1) is 27.3. The molecule has 0 aliphatic rings. The van der Waals surface area contributed by atoms with Gasteiger partial charge < -0.3 is 39.2 Å². The van der Waals surface area contributed by atoms with Crippen molar-refractivity contribution in [3.8, 4) is 17.8 Å². The van der Waals surface area contributed by atoms with E-state index in [1.807, 2.05) is 22.6 Å². The maximum atomic E-state index is 12.8. The summed E-state index contributed by atoms with van der Waals surface area (Å²) in [5.41, 5.74) is -0.347. The largest absolute Gasteiger partial charge is 1.00 e. The van der Waals surface area contributed by atoms with Gasteiger partial charge in [-0.1, -0.05) is 0 Å². The summed E-state index contributed by atoms with van der Waals surface area (Å²) in [5, 5.41) is 6.55. The van der Waals surface area contributed by atoms with Gasteiger partial charge in [0.15, 0.2) is 12.0 Å². The maximum absolute atomic E-state index is 12.8. The molecule has 0 aliphatic heterocycles. The van der Waals surface area contributed by atoms with Crippen molar-refractivity contribution in [2.24, 2.45) is 0 Å². The summed E-state index contributed by atoms with van der Waals surface area (Å²) in [6.45, 7) is 1.53. The van der Waals surface area contributed by atoms with Crippen molar-refractivity contribution < 1.29 is 89.3 Å². The molecule has 0 spiro atoms. The van der Waals surface area contributed by atoms with E-state index < -0.39 is 53.8 Å². The van der Waals surface area contributed by atoms with Crippen LogP contribution in [0.2, 0.25) is 0 Å². The minimum atomic E-state index is -4.54. The third kappa shape index (κ3) is 14.1. The van der Waals surface area contributed by atoms with Crippen LogP contribution >= 0.6 is 22.6 Å². The Morgan fingerprint density at radius 3 is 1.95 bits per heavy atom. The number of carbonyl (C=O) groups is 5. The Balaban J connectivity index is 0.000000404. The van der Waals surface area contributed by atoms with Gasteiger partial charge in [0.1, 0.15) is 10.7 Å². The molecule has 0 bridgehead atoms. The molecule has 6 amide bonds. The number of halogens is 1. The molecule has 59 heavy (non-hydrogen) atoms. The number of carbonyl (C=O) groups excluding carboxylic acids is 5. The molecule has 0 saturated carbocycles. The number of hydrogen-bond acceptors (Lipinski definition) is 18. The molecule has 0 atom stereocenters. The number of amides is 6. The number of ether oxygens (including phenoxy) is 4. The van der Waals surface area contributed by atoms with Crippen LogP contribution in [0, 0.1) is 10.5 Å². The van der Waals surface area contributed by atoms with Crippen molar-refractivity contribution in [1.82, 2.24) is 34.5 Å². The Hall–Kier alpha value is -5.49. The fourth-order valence-electron chi connectivity index (χ4n) is 4.16. The number of methoxy groups -OCH3 is 4. The van der Waals surface area contributed by atoms with E-state index in [0.29, 0.717) is 9.98 Å². The Morgan fingerprint density at radius 1 is 0.780 bits per heavy atom. The average molecular weight is 982 g/mol. The Morgan fingerprint density at radius 2 is 1.39 bits per heavy atom. The normalized spacial score (nSPS) is 10.5. The van der Waals surface area contributed by atoms with E-state index in [9.17, 15) is 40.8 Å². The van der Waals surface area contributed by atoms with Crippen LogP contribution in [0.3, 0.4) is 0 Å². The van der Waals surface area contributed by atoms with Crippen LogP contribution in [-0.4, -0.2) is 120 Å². The molecule has 0 unspecified atom stereocenters. The van der Waals surface area contributed by atoms with E-state index >= 15 is 0 Å². The van der Waals surface area contributed by atoms with E-state index in [4.69, 9.17) is 14.2 Å². The molecule has 28 heteroatoms. The van der Waals surface area contributed by atoms with Gasteiger partial charge in [0.2, 0.25) is 34.1 Å². The predicted molar refractivity (Wildman–Crippen MR) is 210 cm³/mol. The van der Waals surface area contributed by atoms with E-state index in [2.05, 4.69) is 50.3 Å². The molecule has 4 N–H and O–H groups in total. The van der Waals surface area contributed by atoms with Gasteiger partial charge in [-0.15, -0.1) is 0 Å². The molecule has 0 fully saturated rings. The van der Waals surface area contributed by atoms with Crippen LogP contribution in [0.4, 0.5) is 27.2 Å². The summed E-state index contributed by atoms with van der Waals surface area (Å²) in [6, 6.07) is 6.44. The van der Waals surface area contributed by atoms with Crippen LogP contribution in [-0.2, 0) is 29.6 Å². The van der Waals surface area contributed by atoms with E-state index in [-0.39, 0.29) is 81.9 Å². The van der Waals surface area contributed by atoms with Gasteiger partial charge in [-0.05, 0) is 65.9 Å². The zero-order chi connectivity index (χ0) is 43.4. The molecular formula is C31H33IN11NaO13S2. The monoisotopic (exact) mass is 981 g/mol. The number of hydrogen-bond donors (Lipinski definition) is 4. The van der Waals surface area contributed by atoms with Crippen LogP contribution in [0.5, 0.6) is 17.8 Å². The first-order valence-electron chi connectivity index (χ1n) is 15.6. The van der Waals surface area contributed by atoms with Crippen molar-refractivity contribution >= 4 is 90.6 Å². The predicted octanol–water partition coefficient (Wildman–Crippen LogP) is -0.847. The van der Waals surface area contributed by atoms with E-state index in [1.165, 1.54) is 78.7 Å². The quantitative estimate of drug-likeness (QED) is 0.0549. The first-order valence-corrected chi connectivity index (χ1v) is 19.6. The number of anilines is 3. The third-order valence-electron chi connectivity index (χ3n) is 6.64. The summed E-state index contributed by atoms with van der Waals surface area (Å²) in [7, 11) is -1.09. The molecule has 0 radical (unpaired) electrons. The fourth-order valence-corrected chi connectivity index (χ4v) is 7.06. The Kier molecular flexibility index (Phi) is 18.5. The number of benzene rings is 2. The molecule has 0 aliphatic carbocycles. The van der Waals surface area contributed by atoms with Crippen LogP contribution in [0.1, 0.15) is 26.5 Å². The smallest absolute Gasteiger partial charge is 0.481 e. The Bertz CT molecular complexity index is 2420. The van der Waals surface area contributed by atoms with Crippen molar-refractivity contribution in [1.29, 1.82) is 0 Å². The van der Waals surface area contributed by atoms with Gasteiger partial charge in [0.25, 0.3) is 15.9 Å². The summed E-state index contributed by atoms with van der Waals surface area (Å²) < 4.78 is 75.4. The zero-order valence-electron chi connectivity index (χ0n) is 32.3. The number of rotatable bonds is 13. The van der Waals surface area contributed by atoms with Gasteiger partial charge in [-0.3, -0.25) is 19.7 Å². The van der Waals surface area contributed by atoms with Crippen LogP contribution in [0.15, 0.2) is 52.3 Å². The molecular weight excluding hydrogens is 948 g/mol. The van der Waals surface area contributed by atoms with Crippen molar-refractivity contribution in [3.05, 3.63) is 67.7 Å². The molecule has 2 aromatic carbocycles. The van der Waals surface area contributed by atoms with Gasteiger partial charge in [0.05, 0.1) is 50.5 Å². The summed E-state index contributed by atoms with van der Waals surface area (Å²) in [5.74, 6) is -1.65. The second-order valence-corrected chi connectivity index (χ2v) is 15.3. The number of nitrogens with zero attached hydrogens (tertiary/aromatic N) is 7. The number of aromatic nitrogens is 5. The number of sulfonamides is 2. The molecule has 4 aromatic rings. The number of esters is 1. The SMILES string of the molecule is COC(=O)c1ccc(I)cc1S(=O)(=O)[N-]C(=O)Nc1nc(C)nc(OC)n1.COc1cc(OC)nc(NC(=O)NS(=O)(=O)c2cc(NC=O)ccc2C(=O)N(C)C)n1.[Na+]. The van der Waals surface area contributed by atoms with Gasteiger partial charge >= 0.3 is 47.6 Å². The van der Waals surface area contributed by atoms with Crippen LogP contribution in [0.25, 0.3) is 4.72 Å². The second-order valence-electron chi connectivity index (χ2n) is 10.8. The zero-order valence-corrected chi connectivity index (χ0v) is 38.0.